The molecule has 0 saturated carbocycles. The first kappa shape index (κ1) is 14.5. The van der Waals surface area contributed by atoms with Crippen LogP contribution in [0.15, 0.2) is 11.4 Å². The van der Waals surface area contributed by atoms with E-state index >= 15 is 0 Å². The third kappa shape index (κ3) is 3.42. The fourth-order valence-corrected chi connectivity index (χ4v) is 3.29. The molecule has 0 aromatic carbocycles. The molecule has 1 atom stereocenters. The second-order valence-electron chi connectivity index (χ2n) is 5.24. The van der Waals surface area contributed by atoms with Gasteiger partial charge in [-0.25, -0.2) is 4.98 Å². The number of anilines is 2. The van der Waals surface area contributed by atoms with Crippen molar-refractivity contribution in [2.75, 3.05) is 50.5 Å². The molecule has 1 saturated heterocycles. The van der Waals surface area contributed by atoms with Crippen LogP contribution in [-0.2, 0) is 4.74 Å². The van der Waals surface area contributed by atoms with Gasteiger partial charge in [0.1, 0.15) is 10.6 Å². The van der Waals surface area contributed by atoms with Gasteiger partial charge in [0.2, 0.25) is 5.95 Å². The molecule has 3 rings (SSSR count). The van der Waals surface area contributed by atoms with Crippen molar-refractivity contribution in [2.45, 2.75) is 13.0 Å². The molecule has 0 aliphatic carbocycles. The maximum absolute atomic E-state index is 5.39. The van der Waals surface area contributed by atoms with E-state index in [1.54, 1.807) is 11.3 Å². The highest BCUT2D eigenvalue weighted by atomic mass is 32.1. The summed E-state index contributed by atoms with van der Waals surface area (Å²) in [5.41, 5.74) is 0. The molecule has 3 heterocycles. The number of ether oxygens (including phenoxy) is 1. The average Bonchev–Trinajstić information content (AvgIpc) is 2.96. The van der Waals surface area contributed by atoms with Crippen LogP contribution < -0.4 is 10.6 Å². The number of thiophene rings is 1. The number of morpholine rings is 1. The van der Waals surface area contributed by atoms with Crippen LogP contribution in [0.4, 0.5) is 11.8 Å². The predicted molar refractivity (Wildman–Crippen MR) is 87.3 cm³/mol. The summed E-state index contributed by atoms with van der Waals surface area (Å²) in [5.74, 6) is 1.57. The summed E-state index contributed by atoms with van der Waals surface area (Å²) < 4.78 is 5.39. The minimum Gasteiger partial charge on any atom is -0.379 e. The van der Waals surface area contributed by atoms with E-state index in [4.69, 9.17) is 4.74 Å². The molecule has 114 valence electrons. The van der Waals surface area contributed by atoms with Crippen LogP contribution in [0.1, 0.15) is 6.92 Å². The number of rotatable bonds is 5. The molecule has 0 radical (unpaired) electrons. The van der Waals surface area contributed by atoms with E-state index in [-0.39, 0.29) is 0 Å². The normalized spacial score (nSPS) is 17.8. The van der Waals surface area contributed by atoms with Crippen molar-refractivity contribution in [2.24, 2.45) is 0 Å². The molecule has 0 bridgehead atoms. The highest BCUT2D eigenvalue weighted by molar-refractivity contribution is 7.16. The smallest absolute Gasteiger partial charge is 0.225 e. The quantitative estimate of drug-likeness (QED) is 0.879. The van der Waals surface area contributed by atoms with Gasteiger partial charge in [-0.1, -0.05) is 0 Å². The number of nitrogens with one attached hydrogen (secondary N) is 2. The Bertz CT molecular complexity index is 596. The first-order valence-electron chi connectivity index (χ1n) is 7.26. The van der Waals surface area contributed by atoms with E-state index in [0.717, 1.165) is 48.9 Å². The average molecular weight is 307 g/mol. The fraction of sp³-hybridized carbons (Fsp3) is 0.571. The lowest BCUT2D eigenvalue weighted by Gasteiger charge is -2.29. The number of nitrogens with zero attached hydrogens (tertiary/aromatic N) is 3. The van der Waals surface area contributed by atoms with Gasteiger partial charge in [0.15, 0.2) is 0 Å². The summed E-state index contributed by atoms with van der Waals surface area (Å²) >= 11 is 1.64. The predicted octanol–water partition coefficient (Wildman–Crippen LogP) is 1.87. The number of fused-ring (bicyclic) bond motifs is 1. The van der Waals surface area contributed by atoms with E-state index < -0.39 is 0 Å². The summed E-state index contributed by atoms with van der Waals surface area (Å²) in [6.45, 7) is 6.86. The second kappa shape index (κ2) is 6.55. The molecule has 6 nitrogen and oxygen atoms in total. The van der Waals surface area contributed by atoms with Gasteiger partial charge >= 0.3 is 0 Å². The minimum absolute atomic E-state index is 0.325. The van der Waals surface area contributed by atoms with Gasteiger partial charge in [0, 0.05) is 32.7 Å². The lowest BCUT2D eigenvalue weighted by molar-refractivity contribution is 0.0368. The van der Waals surface area contributed by atoms with Crippen LogP contribution in [0.5, 0.6) is 0 Å². The van der Waals surface area contributed by atoms with Gasteiger partial charge in [-0.05, 0) is 18.4 Å². The first-order valence-corrected chi connectivity index (χ1v) is 8.14. The monoisotopic (exact) mass is 307 g/mol. The molecular weight excluding hydrogens is 286 g/mol. The molecule has 1 unspecified atom stereocenters. The molecule has 7 heteroatoms. The minimum atomic E-state index is 0.325. The van der Waals surface area contributed by atoms with Crippen molar-refractivity contribution in [3.63, 3.8) is 0 Å². The summed E-state index contributed by atoms with van der Waals surface area (Å²) in [6.07, 6.45) is 0. The Balaban J connectivity index is 1.72. The topological polar surface area (TPSA) is 62.3 Å². The molecule has 1 fully saturated rings. The maximum Gasteiger partial charge on any atom is 0.225 e. The van der Waals surface area contributed by atoms with Crippen LogP contribution in [-0.4, -0.2) is 60.8 Å². The standard InChI is InChI=1S/C14H21N5OS/c1-10(9-19-4-6-20-7-5-19)16-12-11-3-8-21-13(11)18-14(15-2)17-12/h3,8,10H,4-7,9H2,1-2H3,(H2,15,16,17,18). The van der Waals surface area contributed by atoms with E-state index in [0.29, 0.717) is 12.0 Å². The highest BCUT2D eigenvalue weighted by Gasteiger charge is 2.15. The SMILES string of the molecule is CNc1nc(NC(C)CN2CCOCC2)c2ccsc2n1. The Labute approximate surface area is 128 Å². The second-order valence-corrected chi connectivity index (χ2v) is 6.14. The molecule has 1 aliphatic heterocycles. The Morgan fingerprint density at radius 3 is 2.95 bits per heavy atom. The molecule has 0 amide bonds. The van der Waals surface area contributed by atoms with Gasteiger partial charge in [-0.2, -0.15) is 4.98 Å². The molecular formula is C14H21N5OS. The Hall–Kier alpha value is -1.44. The molecule has 2 aromatic rings. The summed E-state index contributed by atoms with van der Waals surface area (Å²) in [7, 11) is 1.84. The number of hydrogen-bond donors (Lipinski definition) is 2. The molecule has 21 heavy (non-hydrogen) atoms. The molecule has 0 spiro atoms. The van der Waals surface area contributed by atoms with Crippen molar-refractivity contribution in [3.8, 4) is 0 Å². The van der Waals surface area contributed by atoms with Gasteiger partial charge < -0.3 is 15.4 Å². The van der Waals surface area contributed by atoms with Crippen molar-refractivity contribution in [3.05, 3.63) is 11.4 Å². The summed E-state index contributed by atoms with van der Waals surface area (Å²) in [6, 6.07) is 2.40. The lowest BCUT2D eigenvalue weighted by atomic mass is 10.2. The zero-order valence-electron chi connectivity index (χ0n) is 12.4. The van der Waals surface area contributed by atoms with Crippen LogP contribution in [0, 0.1) is 0 Å². The lowest BCUT2D eigenvalue weighted by Crippen LogP contribution is -2.42. The zero-order chi connectivity index (χ0) is 14.7. The van der Waals surface area contributed by atoms with Crippen LogP contribution in [0.2, 0.25) is 0 Å². The van der Waals surface area contributed by atoms with Crippen LogP contribution in [0.25, 0.3) is 10.2 Å². The van der Waals surface area contributed by atoms with Gasteiger partial charge in [-0.15, -0.1) is 11.3 Å². The molecule has 2 N–H and O–H groups in total. The van der Waals surface area contributed by atoms with Crippen LogP contribution in [0.3, 0.4) is 0 Å². The van der Waals surface area contributed by atoms with Crippen molar-refractivity contribution in [1.82, 2.24) is 14.9 Å². The third-order valence-electron chi connectivity index (χ3n) is 3.57. The number of hydrogen-bond acceptors (Lipinski definition) is 7. The van der Waals surface area contributed by atoms with Gasteiger partial charge in [0.25, 0.3) is 0 Å². The molecule has 2 aromatic heterocycles. The van der Waals surface area contributed by atoms with Crippen molar-refractivity contribution in [1.29, 1.82) is 0 Å². The van der Waals surface area contributed by atoms with E-state index in [9.17, 15) is 0 Å². The largest absolute Gasteiger partial charge is 0.379 e. The van der Waals surface area contributed by atoms with E-state index in [1.165, 1.54) is 0 Å². The molecule has 1 aliphatic rings. The van der Waals surface area contributed by atoms with Crippen LogP contribution >= 0.6 is 11.3 Å². The van der Waals surface area contributed by atoms with Gasteiger partial charge in [0.05, 0.1) is 18.6 Å². The Morgan fingerprint density at radius 2 is 2.19 bits per heavy atom. The third-order valence-corrected chi connectivity index (χ3v) is 4.37. The van der Waals surface area contributed by atoms with Gasteiger partial charge in [-0.3, -0.25) is 4.90 Å². The van der Waals surface area contributed by atoms with Crippen molar-refractivity contribution >= 4 is 33.3 Å². The zero-order valence-corrected chi connectivity index (χ0v) is 13.2. The summed E-state index contributed by atoms with van der Waals surface area (Å²) in [4.78, 5) is 12.5. The van der Waals surface area contributed by atoms with Crippen molar-refractivity contribution < 1.29 is 4.74 Å². The fourth-order valence-electron chi connectivity index (χ4n) is 2.53. The Kier molecular flexibility index (Phi) is 4.52. The number of aromatic nitrogens is 2. The highest BCUT2D eigenvalue weighted by Crippen LogP contribution is 2.26. The summed E-state index contributed by atoms with van der Waals surface area (Å²) in [5, 5.41) is 9.69. The maximum atomic E-state index is 5.39. The first-order chi connectivity index (χ1) is 10.3. The van der Waals surface area contributed by atoms with E-state index in [1.807, 2.05) is 7.05 Å². The van der Waals surface area contributed by atoms with E-state index in [2.05, 4.69) is 43.9 Å². The Morgan fingerprint density at radius 1 is 1.38 bits per heavy atom.